The number of nitrogens with two attached hydrogens (primary N) is 1. The summed E-state index contributed by atoms with van der Waals surface area (Å²) >= 11 is 0. The molecule has 0 aliphatic carbocycles. The minimum Gasteiger partial charge on any atom is -0.385 e. The highest BCUT2D eigenvalue weighted by molar-refractivity contribution is 6.02. The molecule has 146 valence electrons. The number of amidine groups is 1. The van der Waals surface area contributed by atoms with Gasteiger partial charge in [-0.2, -0.15) is 5.26 Å². The van der Waals surface area contributed by atoms with E-state index in [1.165, 1.54) is 36.5 Å². The highest BCUT2D eigenvalue weighted by Crippen LogP contribution is 2.36. The van der Waals surface area contributed by atoms with Crippen LogP contribution in [0.4, 0.5) is 14.5 Å². The zero-order valence-electron chi connectivity index (χ0n) is 14.4. The molecule has 0 saturated carbocycles. The molecule has 3 rings (SSSR count). The number of halogens is 3. The lowest BCUT2D eigenvalue weighted by molar-refractivity contribution is -0.0129. The number of anilines is 1. The van der Waals surface area contributed by atoms with Crippen molar-refractivity contribution in [2.75, 3.05) is 18.5 Å². The van der Waals surface area contributed by atoms with Crippen LogP contribution in [0.25, 0.3) is 0 Å². The number of benzene rings is 1. The van der Waals surface area contributed by atoms with Gasteiger partial charge in [0.1, 0.15) is 24.2 Å². The maximum Gasteiger partial charge on any atom is 0.274 e. The fraction of sp³-hybridized carbons (Fsp3) is 0.222. The van der Waals surface area contributed by atoms with E-state index in [1.807, 2.05) is 6.07 Å². The summed E-state index contributed by atoms with van der Waals surface area (Å²) in [5, 5.41) is 11.4. The number of nitrogens with one attached hydrogen (secondary N) is 1. The van der Waals surface area contributed by atoms with Crippen molar-refractivity contribution in [2.45, 2.75) is 12.0 Å². The number of hydrogen-bond donors (Lipinski definition) is 2. The Morgan fingerprint density at radius 2 is 2.14 bits per heavy atom. The molecule has 1 aromatic heterocycles. The maximum atomic E-state index is 13.8. The van der Waals surface area contributed by atoms with Crippen LogP contribution in [0.15, 0.2) is 47.6 Å². The predicted octanol–water partition coefficient (Wildman–Crippen LogP) is 2.48. The molecule has 1 atom stereocenters. The molecule has 0 fully saturated rings. The molecule has 0 radical (unpaired) electrons. The van der Waals surface area contributed by atoms with Crippen LogP contribution in [-0.2, 0) is 10.3 Å². The summed E-state index contributed by atoms with van der Waals surface area (Å²) in [4.78, 5) is 20.1. The monoisotopic (exact) mass is 407 g/mol. The number of pyridine rings is 1. The summed E-state index contributed by atoms with van der Waals surface area (Å²) in [7, 11) is 0. The smallest absolute Gasteiger partial charge is 0.274 e. The molecule has 0 bridgehead atoms. The van der Waals surface area contributed by atoms with Gasteiger partial charge in [-0.15, -0.1) is 12.4 Å². The Labute approximate surface area is 165 Å². The third kappa shape index (κ3) is 4.24. The second kappa shape index (κ2) is 8.73. The highest BCUT2D eigenvalue weighted by atomic mass is 35.5. The van der Waals surface area contributed by atoms with Crippen LogP contribution in [-0.4, -0.2) is 36.4 Å². The van der Waals surface area contributed by atoms with Gasteiger partial charge in [-0.25, -0.2) is 13.8 Å². The first-order chi connectivity index (χ1) is 12.9. The number of carbonyl (C=O) groups is 1. The van der Waals surface area contributed by atoms with E-state index < -0.39 is 17.9 Å². The first-order valence-corrected chi connectivity index (χ1v) is 7.93. The first-order valence-electron chi connectivity index (χ1n) is 7.93. The summed E-state index contributed by atoms with van der Waals surface area (Å²) in [5.74, 6) is -0.552. The molecule has 28 heavy (non-hydrogen) atoms. The Bertz CT molecular complexity index is 930. The van der Waals surface area contributed by atoms with Gasteiger partial charge in [0.15, 0.2) is 5.54 Å². The fourth-order valence-corrected chi connectivity index (χ4v) is 2.67. The Hall–Kier alpha value is -3.09. The van der Waals surface area contributed by atoms with E-state index in [9.17, 15) is 13.6 Å². The molecule has 3 N–H and O–H groups in total. The lowest BCUT2D eigenvalue weighted by Crippen LogP contribution is -2.44. The van der Waals surface area contributed by atoms with Crippen LogP contribution in [0.1, 0.15) is 21.6 Å². The molecule has 2 aromatic rings. The minimum atomic E-state index is -2.84. The number of amides is 1. The van der Waals surface area contributed by atoms with E-state index in [4.69, 9.17) is 15.7 Å². The maximum absolute atomic E-state index is 13.8. The van der Waals surface area contributed by atoms with Crippen LogP contribution in [0.2, 0.25) is 0 Å². The fourth-order valence-electron chi connectivity index (χ4n) is 2.67. The van der Waals surface area contributed by atoms with Gasteiger partial charge in [-0.3, -0.25) is 9.79 Å². The molecule has 0 saturated heterocycles. The third-order valence-corrected chi connectivity index (χ3v) is 4.02. The number of alkyl halides is 2. The van der Waals surface area contributed by atoms with Crippen LogP contribution in [0.5, 0.6) is 0 Å². The average Bonchev–Trinajstić information content (AvgIpc) is 2.68. The molecule has 7 nitrogen and oxygen atoms in total. The van der Waals surface area contributed by atoms with Crippen LogP contribution in [0, 0.1) is 11.3 Å². The molecule has 0 spiro atoms. The zero-order valence-corrected chi connectivity index (χ0v) is 15.2. The predicted molar refractivity (Wildman–Crippen MR) is 101 cm³/mol. The molecule has 1 aromatic carbocycles. The normalized spacial score (nSPS) is 18.6. The van der Waals surface area contributed by atoms with Crippen molar-refractivity contribution in [1.29, 1.82) is 5.26 Å². The third-order valence-electron chi connectivity index (χ3n) is 4.02. The number of ether oxygens (including phenoxy) is 1. The van der Waals surface area contributed by atoms with Gasteiger partial charge in [0.25, 0.3) is 12.3 Å². The summed E-state index contributed by atoms with van der Waals surface area (Å²) in [6.45, 7) is -0.324. The molecular formula is C18H16ClF2N5O2. The van der Waals surface area contributed by atoms with Gasteiger partial charge < -0.3 is 15.8 Å². The highest BCUT2D eigenvalue weighted by Gasteiger charge is 2.44. The van der Waals surface area contributed by atoms with Crippen molar-refractivity contribution >= 4 is 29.8 Å². The van der Waals surface area contributed by atoms with Gasteiger partial charge in [0, 0.05) is 11.9 Å². The molecule has 10 heteroatoms. The van der Waals surface area contributed by atoms with E-state index in [-0.39, 0.29) is 42.7 Å². The van der Waals surface area contributed by atoms with Crippen molar-refractivity contribution in [3.05, 3.63) is 59.4 Å². The van der Waals surface area contributed by atoms with Gasteiger partial charge >= 0.3 is 0 Å². The molecule has 1 unspecified atom stereocenters. The standard InChI is InChI=1S/C18H15F2N5O2.ClH/c19-17(20)18(10-27-9-15(22)25-18)12-2-1-3-13(6-12)24-16(26)14-5-4-11(7-21)8-23-14;/h1-6,8,17H,9-10H2,(H2,22,25)(H,24,26);1H. The first kappa shape index (κ1) is 21.2. The van der Waals surface area contributed by atoms with E-state index in [1.54, 1.807) is 6.07 Å². The van der Waals surface area contributed by atoms with Gasteiger partial charge in [0.05, 0.1) is 12.2 Å². The minimum absolute atomic E-state index is 0. The molecule has 1 aliphatic rings. The quantitative estimate of drug-likeness (QED) is 0.808. The number of nitrogens with zero attached hydrogens (tertiary/aromatic N) is 3. The van der Waals surface area contributed by atoms with Crippen molar-refractivity contribution in [3.63, 3.8) is 0 Å². The largest absolute Gasteiger partial charge is 0.385 e. The number of rotatable bonds is 4. The second-order valence-electron chi connectivity index (χ2n) is 5.90. The average molecular weight is 408 g/mol. The Morgan fingerprint density at radius 1 is 1.36 bits per heavy atom. The van der Waals surface area contributed by atoms with Crippen LogP contribution in [0.3, 0.4) is 0 Å². The molecule has 1 aliphatic heterocycles. The SMILES string of the molecule is Cl.N#Cc1ccc(C(=O)Nc2cccc(C3(C(F)F)COCC(N)=N3)c2)nc1. The van der Waals surface area contributed by atoms with Crippen LogP contribution >= 0.6 is 12.4 Å². The number of aliphatic imine (C=N–C) groups is 1. The van der Waals surface area contributed by atoms with Crippen molar-refractivity contribution in [1.82, 2.24) is 4.98 Å². The Morgan fingerprint density at radius 3 is 2.75 bits per heavy atom. The van der Waals surface area contributed by atoms with Gasteiger partial charge in [-0.1, -0.05) is 12.1 Å². The van der Waals surface area contributed by atoms with E-state index in [2.05, 4.69) is 15.3 Å². The van der Waals surface area contributed by atoms with E-state index in [0.29, 0.717) is 11.3 Å². The second-order valence-corrected chi connectivity index (χ2v) is 5.90. The number of carbonyl (C=O) groups excluding carboxylic acids is 1. The lowest BCUT2D eigenvalue weighted by Gasteiger charge is -2.33. The number of nitriles is 1. The van der Waals surface area contributed by atoms with Gasteiger partial charge in [0.2, 0.25) is 0 Å². The topological polar surface area (TPSA) is 113 Å². The Kier molecular flexibility index (Phi) is 6.62. The lowest BCUT2D eigenvalue weighted by atomic mass is 9.90. The summed E-state index contributed by atoms with van der Waals surface area (Å²) < 4.78 is 32.8. The summed E-state index contributed by atoms with van der Waals surface area (Å²) in [5.41, 5.74) is 4.55. The number of hydrogen-bond acceptors (Lipinski definition) is 6. The van der Waals surface area contributed by atoms with Crippen LogP contribution < -0.4 is 11.1 Å². The summed E-state index contributed by atoms with van der Waals surface area (Å²) in [6, 6.07) is 10.7. The van der Waals surface area contributed by atoms with E-state index >= 15 is 0 Å². The zero-order chi connectivity index (χ0) is 19.4. The van der Waals surface area contributed by atoms with Crippen molar-refractivity contribution in [3.8, 4) is 6.07 Å². The summed E-state index contributed by atoms with van der Waals surface area (Å²) in [6.07, 6.45) is -1.57. The number of aromatic nitrogens is 1. The molecule has 1 amide bonds. The van der Waals surface area contributed by atoms with Gasteiger partial charge in [-0.05, 0) is 29.8 Å². The molecule has 2 heterocycles. The van der Waals surface area contributed by atoms with Crippen molar-refractivity contribution in [2.24, 2.45) is 10.7 Å². The van der Waals surface area contributed by atoms with Crippen molar-refractivity contribution < 1.29 is 18.3 Å². The Balaban J connectivity index is 0.00000280. The molecular weight excluding hydrogens is 392 g/mol. The van der Waals surface area contributed by atoms with E-state index in [0.717, 1.165) is 0 Å².